The molecule has 0 heterocycles. The van der Waals surface area contributed by atoms with Crippen molar-refractivity contribution in [2.24, 2.45) is 22.5 Å². The van der Waals surface area contributed by atoms with Crippen LogP contribution in [0.25, 0.3) is 0 Å². The number of amidine groups is 1. The van der Waals surface area contributed by atoms with Gasteiger partial charge in [0.2, 0.25) is 0 Å². The third-order valence-electron chi connectivity index (χ3n) is 6.59. The summed E-state index contributed by atoms with van der Waals surface area (Å²) >= 11 is 0. The zero-order valence-electron chi connectivity index (χ0n) is 25.1. The van der Waals surface area contributed by atoms with E-state index < -0.39 is 5.41 Å². The number of benzene rings is 1. The summed E-state index contributed by atoms with van der Waals surface area (Å²) in [5.41, 5.74) is 15.0. The molecule has 8 heteroatoms. The van der Waals surface area contributed by atoms with Gasteiger partial charge in [0.05, 0.1) is 5.41 Å². The minimum atomic E-state index is -0.742. The van der Waals surface area contributed by atoms with Crippen molar-refractivity contribution in [2.45, 2.75) is 86.5 Å². The summed E-state index contributed by atoms with van der Waals surface area (Å²) in [7, 11) is 0. The highest BCUT2D eigenvalue weighted by Crippen LogP contribution is 2.44. The number of nitrogens with one attached hydrogen (secondary N) is 3. The number of nitrogens with two attached hydrogens (primary N) is 3. The smallest absolute Gasteiger partial charge is 0.251 e. The first-order chi connectivity index (χ1) is 18.3. The summed E-state index contributed by atoms with van der Waals surface area (Å²) in [6.45, 7) is 22.2. The van der Waals surface area contributed by atoms with Crippen molar-refractivity contribution in [1.82, 2.24) is 16.1 Å². The fourth-order valence-electron chi connectivity index (χ4n) is 4.73. The second kappa shape index (κ2) is 18.2. The van der Waals surface area contributed by atoms with Crippen molar-refractivity contribution in [3.63, 3.8) is 0 Å². The van der Waals surface area contributed by atoms with Crippen LogP contribution in [0.5, 0.6) is 0 Å². The second-order valence-corrected chi connectivity index (χ2v) is 8.68. The molecule has 38 heavy (non-hydrogen) atoms. The van der Waals surface area contributed by atoms with Crippen molar-refractivity contribution in [2.75, 3.05) is 19.6 Å². The Morgan fingerprint density at radius 3 is 2.34 bits per heavy atom. The lowest BCUT2D eigenvalue weighted by Gasteiger charge is -2.37. The summed E-state index contributed by atoms with van der Waals surface area (Å²) in [4.78, 5) is 12.5. The molecule has 0 bridgehead atoms. The maximum Gasteiger partial charge on any atom is 0.251 e. The van der Waals surface area contributed by atoms with Crippen molar-refractivity contribution < 1.29 is 4.79 Å². The Labute approximate surface area is 231 Å². The van der Waals surface area contributed by atoms with E-state index in [1.54, 1.807) is 0 Å². The van der Waals surface area contributed by atoms with Gasteiger partial charge in [-0.2, -0.15) is 5.10 Å². The number of carbonyl (C=O) groups is 1. The monoisotopic (exact) mass is 527 g/mol. The lowest BCUT2D eigenvalue weighted by atomic mass is 9.69. The Morgan fingerprint density at radius 2 is 1.82 bits per heavy atom. The lowest BCUT2D eigenvalue weighted by molar-refractivity contribution is 0.0955. The minimum Gasteiger partial charge on any atom is -0.385 e. The summed E-state index contributed by atoms with van der Waals surface area (Å²) in [5, 5.41) is 10.3. The number of nitrogens with zero attached hydrogens (tertiary/aromatic N) is 1. The second-order valence-electron chi connectivity index (χ2n) is 8.68. The van der Waals surface area contributed by atoms with E-state index >= 15 is 0 Å². The molecule has 1 unspecified atom stereocenters. The number of hydrogen-bond acceptors (Lipinski definition) is 6. The topological polar surface area (TPSA) is 144 Å². The first kappa shape index (κ1) is 34.9. The van der Waals surface area contributed by atoms with Gasteiger partial charge in [-0.1, -0.05) is 58.9 Å². The molecule has 0 fully saturated rings. The van der Waals surface area contributed by atoms with Crippen molar-refractivity contribution in [1.29, 1.82) is 0 Å². The average molecular weight is 528 g/mol. The van der Waals surface area contributed by atoms with Crippen LogP contribution in [0.2, 0.25) is 0 Å². The van der Waals surface area contributed by atoms with Gasteiger partial charge in [-0.15, -0.1) is 0 Å². The summed E-state index contributed by atoms with van der Waals surface area (Å²) in [5.74, 6) is 12.1. The lowest BCUT2D eigenvalue weighted by Crippen LogP contribution is -2.50. The fraction of sp³-hybridized carbons (Fsp3) is 0.533. The molecule has 8 nitrogen and oxygen atoms in total. The van der Waals surface area contributed by atoms with Gasteiger partial charge in [-0.25, -0.2) is 5.84 Å². The van der Waals surface area contributed by atoms with Crippen molar-refractivity contribution >= 4 is 11.7 Å². The number of rotatable bonds is 10. The van der Waals surface area contributed by atoms with E-state index in [4.69, 9.17) is 17.4 Å². The Morgan fingerprint density at radius 1 is 1.16 bits per heavy atom. The molecule has 2 rings (SSSR count). The van der Waals surface area contributed by atoms with Gasteiger partial charge in [0.15, 0.2) is 5.84 Å². The van der Waals surface area contributed by atoms with E-state index in [9.17, 15) is 4.79 Å². The van der Waals surface area contributed by atoms with E-state index in [2.05, 4.69) is 54.6 Å². The van der Waals surface area contributed by atoms with E-state index in [0.29, 0.717) is 30.9 Å². The quantitative estimate of drug-likeness (QED) is 0.0867. The van der Waals surface area contributed by atoms with Crippen LogP contribution in [0.15, 0.2) is 58.4 Å². The molecule has 1 aromatic carbocycles. The molecule has 1 aliphatic carbocycles. The molecule has 1 atom stereocenters. The van der Waals surface area contributed by atoms with Crippen molar-refractivity contribution in [3.05, 3.63) is 70.0 Å². The molecule has 0 aromatic heterocycles. The molecule has 0 spiro atoms. The zero-order valence-corrected chi connectivity index (χ0v) is 25.1. The van der Waals surface area contributed by atoms with Crippen LogP contribution in [0.4, 0.5) is 0 Å². The molecule has 0 aliphatic heterocycles. The molecule has 1 aliphatic rings. The van der Waals surface area contributed by atoms with E-state index in [1.807, 2.05) is 52.8 Å². The number of amides is 1. The summed E-state index contributed by atoms with van der Waals surface area (Å²) < 4.78 is 0. The largest absolute Gasteiger partial charge is 0.385 e. The van der Waals surface area contributed by atoms with E-state index in [0.717, 1.165) is 59.4 Å². The van der Waals surface area contributed by atoms with Crippen LogP contribution < -0.4 is 33.5 Å². The Bertz CT molecular complexity index is 994. The van der Waals surface area contributed by atoms with Gasteiger partial charge in [0.25, 0.3) is 5.91 Å². The molecule has 214 valence electrons. The Hall–Kier alpha value is -3.10. The van der Waals surface area contributed by atoms with Crippen LogP contribution in [0.3, 0.4) is 0 Å². The molecule has 9 N–H and O–H groups in total. The zero-order chi connectivity index (χ0) is 29.3. The van der Waals surface area contributed by atoms with Crippen LogP contribution in [0, 0.1) is 0 Å². The van der Waals surface area contributed by atoms with Crippen LogP contribution in [-0.2, 0) is 11.8 Å². The van der Waals surface area contributed by atoms with Gasteiger partial charge >= 0.3 is 0 Å². The SMILES string of the molecule is C=C(NCCC)/C(C)=C/C1=C(C)C(CCN)(/C(=N/N)NN)c2ccc(C(=O)NCC)cc2CC1.CC.CC. The highest BCUT2D eigenvalue weighted by atomic mass is 16.1. The van der Waals surface area contributed by atoms with Gasteiger partial charge in [0, 0.05) is 24.4 Å². The number of aryl methyl sites for hydroxylation is 1. The van der Waals surface area contributed by atoms with Crippen LogP contribution in [0.1, 0.15) is 96.1 Å². The Kier molecular flexibility index (Phi) is 16.7. The predicted molar refractivity (Wildman–Crippen MR) is 164 cm³/mol. The van der Waals surface area contributed by atoms with Gasteiger partial charge in [-0.05, 0) is 87.4 Å². The molecule has 0 radical (unpaired) electrons. The predicted octanol–water partition coefficient (Wildman–Crippen LogP) is 4.53. The molecule has 0 saturated carbocycles. The standard InChI is InChI=1S/C26H41N7O.2C2H6/c1-6-14-31-19(5)17(3)15-20-8-9-21-16-22(24(34)30-7-2)10-11-23(21)26(12-13-27,18(20)4)25(32-28)33-29;2*1-2/h10-11,15-16,31H,5-9,12-14,27-29H2,1-4H3,(H,30,34)(H,32,33);2*1-2H3/b17-15+;;. The number of allylic oxidation sites excluding steroid dienone is 3. The maximum atomic E-state index is 12.5. The van der Waals surface area contributed by atoms with E-state index in [1.165, 1.54) is 0 Å². The van der Waals surface area contributed by atoms with Gasteiger partial charge < -0.3 is 27.6 Å². The molecular weight excluding hydrogens is 474 g/mol. The number of hydrazine groups is 1. The molecule has 1 aromatic rings. The molecular formula is C30H53N7O. The van der Waals surface area contributed by atoms with Gasteiger partial charge in [0.1, 0.15) is 0 Å². The first-order valence-corrected chi connectivity index (χ1v) is 14.0. The minimum absolute atomic E-state index is 0.0948. The fourth-order valence-corrected chi connectivity index (χ4v) is 4.73. The highest BCUT2D eigenvalue weighted by Gasteiger charge is 2.43. The number of fused-ring (bicyclic) bond motifs is 1. The molecule has 1 amide bonds. The first-order valence-electron chi connectivity index (χ1n) is 14.0. The Balaban J connectivity index is 0.00000326. The third kappa shape index (κ3) is 8.20. The number of carbonyl (C=O) groups excluding carboxylic acids is 1. The highest BCUT2D eigenvalue weighted by molar-refractivity contribution is 5.98. The molecule has 0 saturated heterocycles. The summed E-state index contributed by atoms with van der Waals surface area (Å²) in [6, 6.07) is 5.79. The normalized spacial score (nSPS) is 17.1. The third-order valence-corrected chi connectivity index (χ3v) is 6.59. The van der Waals surface area contributed by atoms with Crippen molar-refractivity contribution in [3.8, 4) is 0 Å². The van der Waals surface area contributed by atoms with Gasteiger partial charge in [-0.3, -0.25) is 4.79 Å². The average Bonchev–Trinajstić information content (AvgIpc) is 3.05. The number of hydrazone groups is 1. The maximum absolute atomic E-state index is 12.5. The van der Waals surface area contributed by atoms with Crippen LogP contribution >= 0.6 is 0 Å². The van der Waals surface area contributed by atoms with Crippen LogP contribution in [-0.4, -0.2) is 31.4 Å². The van der Waals surface area contributed by atoms with E-state index in [-0.39, 0.29) is 5.91 Å². The number of hydrogen-bond donors (Lipinski definition) is 6. The summed E-state index contributed by atoms with van der Waals surface area (Å²) in [6.07, 6.45) is 5.29.